The normalized spacial score (nSPS) is 29.7. The van der Waals surface area contributed by atoms with Crippen molar-refractivity contribution in [2.45, 2.75) is 45.7 Å². The summed E-state index contributed by atoms with van der Waals surface area (Å²) in [5.74, 6) is 1.84. The molecule has 4 rings (SSSR count). The van der Waals surface area contributed by atoms with Gasteiger partial charge in [0.2, 0.25) is 0 Å². The zero-order valence-electron chi connectivity index (χ0n) is 12.0. The molecule has 3 saturated heterocycles. The summed E-state index contributed by atoms with van der Waals surface area (Å²) in [5, 5.41) is 8.23. The van der Waals surface area contributed by atoms with Crippen LogP contribution in [-0.2, 0) is 6.54 Å². The molecular weight excluding hydrogens is 238 g/mol. The Balaban J connectivity index is 1.79. The molecule has 0 spiro atoms. The van der Waals surface area contributed by atoms with Gasteiger partial charge in [-0.05, 0) is 45.2 Å². The lowest BCUT2D eigenvalue weighted by Gasteiger charge is -2.45. The molecule has 3 aliphatic rings. The van der Waals surface area contributed by atoms with Crippen LogP contribution in [0.25, 0.3) is 0 Å². The van der Waals surface area contributed by atoms with Crippen molar-refractivity contribution in [3.8, 4) is 0 Å². The fraction of sp³-hybridized carbons (Fsp3) is 0.786. The molecule has 0 aliphatic carbocycles. The van der Waals surface area contributed by atoms with E-state index in [9.17, 15) is 0 Å². The molecule has 0 saturated carbocycles. The number of aromatic nitrogens is 2. The van der Waals surface area contributed by atoms with Gasteiger partial charge in [0.25, 0.3) is 0 Å². The SMILES string of the molecule is CCCn1nc(C)c(N)c1NC1CN2CCC1CC2. The van der Waals surface area contributed by atoms with Crippen LogP contribution >= 0.6 is 0 Å². The molecule has 106 valence electrons. The summed E-state index contributed by atoms with van der Waals surface area (Å²) in [6.45, 7) is 8.79. The number of rotatable bonds is 4. The fourth-order valence-electron chi connectivity index (χ4n) is 3.43. The first-order chi connectivity index (χ1) is 9.19. The number of nitrogen functional groups attached to an aromatic ring is 1. The van der Waals surface area contributed by atoms with E-state index in [4.69, 9.17) is 5.73 Å². The van der Waals surface area contributed by atoms with Gasteiger partial charge in [0, 0.05) is 19.1 Å². The highest BCUT2D eigenvalue weighted by molar-refractivity contribution is 5.65. The van der Waals surface area contributed by atoms with Gasteiger partial charge in [0.1, 0.15) is 5.82 Å². The number of hydrogen-bond donors (Lipinski definition) is 2. The standard InChI is InChI=1S/C14H25N5/c1-3-6-19-14(13(15)10(2)17-19)16-12-9-18-7-4-11(12)5-8-18/h11-12,16H,3-9,15H2,1-2H3. The second-order valence-corrected chi connectivity index (χ2v) is 5.96. The highest BCUT2D eigenvalue weighted by Gasteiger charge is 2.34. The monoisotopic (exact) mass is 263 g/mol. The number of aryl methyl sites for hydroxylation is 2. The summed E-state index contributed by atoms with van der Waals surface area (Å²) in [6.07, 6.45) is 3.71. The Hall–Kier alpha value is -1.23. The largest absolute Gasteiger partial charge is 0.394 e. The molecule has 3 fully saturated rings. The molecule has 1 unspecified atom stereocenters. The number of fused-ring (bicyclic) bond motifs is 3. The van der Waals surface area contributed by atoms with Crippen molar-refractivity contribution in [3.05, 3.63) is 5.69 Å². The Morgan fingerprint density at radius 1 is 1.37 bits per heavy atom. The van der Waals surface area contributed by atoms with Gasteiger partial charge in [-0.15, -0.1) is 0 Å². The Morgan fingerprint density at radius 3 is 2.68 bits per heavy atom. The summed E-state index contributed by atoms with van der Waals surface area (Å²) in [4.78, 5) is 2.56. The maximum Gasteiger partial charge on any atom is 0.148 e. The second kappa shape index (κ2) is 5.04. The minimum absolute atomic E-state index is 0.538. The van der Waals surface area contributed by atoms with Gasteiger partial charge in [0.05, 0.1) is 11.4 Å². The predicted octanol–water partition coefficient (Wildman–Crippen LogP) is 1.69. The molecule has 1 aromatic rings. The van der Waals surface area contributed by atoms with Crippen LogP contribution in [-0.4, -0.2) is 40.4 Å². The fourth-order valence-corrected chi connectivity index (χ4v) is 3.43. The zero-order chi connectivity index (χ0) is 13.4. The third-order valence-corrected chi connectivity index (χ3v) is 4.59. The van der Waals surface area contributed by atoms with Gasteiger partial charge in [-0.25, -0.2) is 4.68 Å². The van der Waals surface area contributed by atoms with Crippen molar-refractivity contribution in [3.63, 3.8) is 0 Å². The first kappa shape index (κ1) is 12.8. The van der Waals surface area contributed by atoms with Crippen LogP contribution < -0.4 is 11.1 Å². The highest BCUT2D eigenvalue weighted by atomic mass is 15.4. The van der Waals surface area contributed by atoms with E-state index in [1.807, 2.05) is 11.6 Å². The lowest BCUT2D eigenvalue weighted by atomic mass is 9.84. The molecule has 5 heteroatoms. The maximum atomic E-state index is 6.19. The number of nitrogens with two attached hydrogens (primary N) is 1. The van der Waals surface area contributed by atoms with E-state index in [1.54, 1.807) is 0 Å². The van der Waals surface area contributed by atoms with Gasteiger partial charge in [-0.2, -0.15) is 5.10 Å². The van der Waals surface area contributed by atoms with Crippen LogP contribution in [0.5, 0.6) is 0 Å². The van der Waals surface area contributed by atoms with Crippen molar-refractivity contribution in [2.24, 2.45) is 5.92 Å². The second-order valence-electron chi connectivity index (χ2n) is 5.96. The van der Waals surface area contributed by atoms with Crippen molar-refractivity contribution in [1.82, 2.24) is 14.7 Å². The highest BCUT2D eigenvalue weighted by Crippen LogP contribution is 2.32. The molecule has 0 amide bonds. The van der Waals surface area contributed by atoms with E-state index in [0.717, 1.165) is 42.6 Å². The van der Waals surface area contributed by atoms with Gasteiger partial charge >= 0.3 is 0 Å². The quantitative estimate of drug-likeness (QED) is 0.868. The number of piperidine rings is 3. The molecule has 3 aliphatic heterocycles. The Kier molecular flexibility index (Phi) is 3.39. The summed E-state index contributed by atoms with van der Waals surface area (Å²) >= 11 is 0. The van der Waals surface area contributed by atoms with Gasteiger partial charge in [0.15, 0.2) is 0 Å². The molecule has 0 aromatic carbocycles. The third kappa shape index (κ3) is 2.31. The first-order valence-corrected chi connectivity index (χ1v) is 7.50. The van der Waals surface area contributed by atoms with Crippen LogP contribution in [0.4, 0.5) is 11.5 Å². The van der Waals surface area contributed by atoms with Crippen LogP contribution in [0.15, 0.2) is 0 Å². The summed E-state index contributed by atoms with van der Waals surface area (Å²) in [5.41, 5.74) is 7.96. The van der Waals surface area contributed by atoms with Gasteiger partial charge < -0.3 is 16.0 Å². The summed E-state index contributed by atoms with van der Waals surface area (Å²) in [6, 6.07) is 0.538. The topological polar surface area (TPSA) is 59.1 Å². The molecule has 2 bridgehead atoms. The zero-order valence-corrected chi connectivity index (χ0v) is 12.0. The molecule has 3 N–H and O–H groups in total. The smallest absolute Gasteiger partial charge is 0.148 e. The Labute approximate surface area is 115 Å². The average Bonchev–Trinajstić information content (AvgIpc) is 2.69. The van der Waals surface area contributed by atoms with Crippen LogP contribution in [0.2, 0.25) is 0 Å². The predicted molar refractivity (Wildman–Crippen MR) is 78.2 cm³/mol. The molecule has 1 atom stereocenters. The Bertz CT molecular complexity index is 445. The van der Waals surface area contributed by atoms with Crippen LogP contribution in [0.1, 0.15) is 31.9 Å². The van der Waals surface area contributed by atoms with Crippen molar-refractivity contribution < 1.29 is 0 Å². The maximum absolute atomic E-state index is 6.19. The number of nitrogens with zero attached hydrogens (tertiary/aromatic N) is 3. The molecule has 19 heavy (non-hydrogen) atoms. The van der Waals surface area contributed by atoms with E-state index < -0.39 is 0 Å². The van der Waals surface area contributed by atoms with Crippen molar-refractivity contribution in [1.29, 1.82) is 0 Å². The summed E-state index contributed by atoms with van der Waals surface area (Å²) < 4.78 is 2.04. The lowest BCUT2D eigenvalue weighted by Crippen LogP contribution is -2.53. The molecule has 0 radical (unpaired) electrons. The minimum Gasteiger partial charge on any atom is -0.394 e. The van der Waals surface area contributed by atoms with Crippen LogP contribution in [0.3, 0.4) is 0 Å². The Morgan fingerprint density at radius 2 is 2.11 bits per heavy atom. The van der Waals surface area contributed by atoms with Crippen molar-refractivity contribution >= 4 is 11.5 Å². The van der Waals surface area contributed by atoms with E-state index in [2.05, 4.69) is 22.2 Å². The third-order valence-electron chi connectivity index (χ3n) is 4.59. The molecule has 1 aromatic heterocycles. The van der Waals surface area contributed by atoms with Gasteiger partial charge in [-0.1, -0.05) is 6.92 Å². The number of nitrogens with one attached hydrogen (secondary N) is 1. The number of anilines is 2. The van der Waals surface area contributed by atoms with E-state index >= 15 is 0 Å². The van der Waals surface area contributed by atoms with E-state index in [-0.39, 0.29) is 0 Å². The van der Waals surface area contributed by atoms with Crippen molar-refractivity contribution in [2.75, 3.05) is 30.7 Å². The molecular formula is C14H25N5. The van der Waals surface area contributed by atoms with Crippen LogP contribution in [0, 0.1) is 12.8 Å². The minimum atomic E-state index is 0.538. The first-order valence-electron chi connectivity index (χ1n) is 7.50. The van der Waals surface area contributed by atoms with E-state index in [0.29, 0.717) is 6.04 Å². The van der Waals surface area contributed by atoms with E-state index in [1.165, 1.54) is 25.9 Å². The lowest BCUT2D eigenvalue weighted by molar-refractivity contribution is 0.0972. The number of hydrogen-bond acceptors (Lipinski definition) is 4. The molecule has 4 heterocycles. The average molecular weight is 263 g/mol. The van der Waals surface area contributed by atoms with Gasteiger partial charge in [-0.3, -0.25) is 0 Å². The molecule has 5 nitrogen and oxygen atoms in total. The summed E-state index contributed by atoms with van der Waals surface area (Å²) in [7, 11) is 0.